The molecule has 1 N–H and O–H groups in total. The summed E-state index contributed by atoms with van der Waals surface area (Å²) in [5.41, 5.74) is 0.979. The number of rotatable bonds is 6. The van der Waals surface area contributed by atoms with Crippen molar-refractivity contribution in [2.45, 2.75) is 56.9 Å². The second-order valence-electron chi connectivity index (χ2n) is 10.2. The quantitative estimate of drug-likeness (QED) is 0.605. The van der Waals surface area contributed by atoms with E-state index in [1.807, 2.05) is 0 Å². The van der Waals surface area contributed by atoms with Gasteiger partial charge in [0.15, 0.2) is 0 Å². The van der Waals surface area contributed by atoms with Crippen LogP contribution in [0.25, 0.3) is 0 Å². The summed E-state index contributed by atoms with van der Waals surface area (Å²) in [7, 11) is 2.07. The van der Waals surface area contributed by atoms with Crippen molar-refractivity contribution in [3.63, 3.8) is 0 Å². The van der Waals surface area contributed by atoms with Crippen molar-refractivity contribution in [1.29, 1.82) is 5.26 Å². The lowest BCUT2D eigenvalue weighted by atomic mass is 10.1. The molecule has 0 radical (unpaired) electrons. The number of likely N-dealkylation sites (tertiary alicyclic amines) is 1. The molecule has 0 aliphatic carbocycles. The topological polar surface area (TPSA) is 93.4 Å². The molecule has 3 aliphatic rings. The van der Waals surface area contributed by atoms with E-state index in [0.29, 0.717) is 57.7 Å². The van der Waals surface area contributed by atoms with E-state index in [1.54, 1.807) is 4.90 Å². The molecule has 2 atom stereocenters. The number of nitrogens with one attached hydrogen (secondary N) is 1. The highest BCUT2D eigenvalue weighted by atomic mass is 19.4. The van der Waals surface area contributed by atoms with Crippen molar-refractivity contribution in [2.75, 3.05) is 56.2 Å². The third-order valence-corrected chi connectivity index (χ3v) is 7.66. The first-order chi connectivity index (χ1) is 18.3. The molecular weight excluding hydrogens is 497 g/mol. The lowest BCUT2D eigenvalue weighted by Crippen LogP contribution is -2.51. The van der Waals surface area contributed by atoms with E-state index in [-0.39, 0.29) is 30.3 Å². The average Bonchev–Trinajstić information content (AvgIpc) is 3.19. The second-order valence-corrected chi connectivity index (χ2v) is 10.2. The third-order valence-electron chi connectivity index (χ3n) is 7.66. The van der Waals surface area contributed by atoms with Gasteiger partial charge >= 0.3 is 12.2 Å². The van der Waals surface area contributed by atoms with Gasteiger partial charge in [0, 0.05) is 56.2 Å². The van der Waals surface area contributed by atoms with Crippen LogP contribution in [-0.4, -0.2) is 78.3 Å². The summed E-state index contributed by atoms with van der Waals surface area (Å²) in [5.74, 6) is 0.766. The van der Waals surface area contributed by atoms with E-state index in [2.05, 4.69) is 33.2 Å². The summed E-state index contributed by atoms with van der Waals surface area (Å²) in [6, 6.07) is 4.21. The zero-order valence-corrected chi connectivity index (χ0v) is 21.5. The van der Waals surface area contributed by atoms with Crippen LogP contribution in [0.5, 0.6) is 6.01 Å². The van der Waals surface area contributed by atoms with Gasteiger partial charge in [0.05, 0.1) is 36.0 Å². The number of pyridine rings is 1. The number of alkyl halides is 3. The zero-order valence-electron chi connectivity index (χ0n) is 21.5. The Kier molecular flexibility index (Phi) is 7.85. The van der Waals surface area contributed by atoms with Crippen LogP contribution < -0.4 is 19.9 Å². The maximum absolute atomic E-state index is 13.8. The van der Waals surface area contributed by atoms with E-state index in [9.17, 15) is 18.4 Å². The SMILES string of the molecule is CN1CCC[C@H]1COc1nc2c(c(N3CCNC(CC#N)C3)n1)CCCN(c1ccncc1C(F)(F)F)C2. The first-order valence-electron chi connectivity index (χ1n) is 13.2. The summed E-state index contributed by atoms with van der Waals surface area (Å²) in [6.45, 7) is 4.19. The Morgan fingerprint density at radius 3 is 2.82 bits per heavy atom. The number of anilines is 2. The Labute approximate surface area is 220 Å². The van der Waals surface area contributed by atoms with E-state index < -0.39 is 11.7 Å². The molecule has 12 heteroatoms. The van der Waals surface area contributed by atoms with Gasteiger partial charge in [-0.25, -0.2) is 0 Å². The highest BCUT2D eigenvalue weighted by Gasteiger charge is 2.36. The van der Waals surface area contributed by atoms with Gasteiger partial charge in [-0.1, -0.05) is 0 Å². The minimum atomic E-state index is -4.51. The van der Waals surface area contributed by atoms with Crippen molar-refractivity contribution >= 4 is 11.5 Å². The highest BCUT2D eigenvalue weighted by molar-refractivity contribution is 5.57. The van der Waals surface area contributed by atoms with Gasteiger partial charge in [0.2, 0.25) is 0 Å². The Balaban J connectivity index is 1.49. The lowest BCUT2D eigenvalue weighted by molar-refractivity contribution is -0.137. The van der Waals surface area contributed by atoms with Gasteiger partial charge in [0.1, 0.15) is 12.4 Å². The maximum Gasteiger partial charge on any atom is 0.419 e. The predicted molar refractivity (Wildman–Crippen MR) is 136 cm³/mol. The maximum atomic E-state index is 13.8. The molecule has 0 aromatic carbocycles. The number of aromatic nitrogens is 3. The molecule has 5 rings (SSSR count). The highest BCUT2D eigenvalue weighted by Crippen LogP contribution is 2.38. The smallest absolute Gasteiger partial charge is 0.419 e. The molecule has 0 bridgehead atoms. The van der Waals surface area contributed by atoms with Crippen molar-refractivity contribution in [3.05, 3.63) is 35.3 Å². The summed E-state index contributed by atoms with van der Waals surface area (Å²) in [6.07, 6.45) is 1.61. The molecule has 9 nitrogen and oxygen atoms in total. The fourth-order valence-corrected chi connectivity index (χ4v) is 5.63. The molecule has 2 aromatic heterocycles. The van der Waals surface area contributed by atoms with Gasteiger partial charge in [-0.3, -0.25) is 4.98 Å². The number of halogens is 3. The number of ether oxygens (including phenoxy) is 1. The summed E-state index contributed by atoms with van der Waals surface area (Å²) >= 11 is 0. The minimum Gasteiger partial charge on any atom is -0.462 e. The summed E-state index contributed by atoms with van der Waals surface area (Å²) in [4.78, 5) is 19.5. The molecule has 0 amide bonds. The van der Waals surface area contributed by atoms with E-state index >= 15 is 0 Å². The largest absolute Gasteiger partial charge is 0.462 e. The molecule has 204 valence electrons. The summed E-state index contributed by atoms with van der Waals surface area (Å²) < 4.78 is 47.5. The molecule has 1 unspecified atom stereocenters. The standard InChI is InChI=1S/C26H33F3N8O/c1-35-11-2-4-19(35)17-38-25-33-22-16-36(23-7-9-31-14-21(23)26(27,28)29)12-3-5-20(22)24(34-25)37-13-10-32-18(15-37)6-8-30/h7,9,14,18-19,32H,2-6,10-13,15-17H2,1H3/t18?,19-/m0/s1. The van der Waals surface area contributed by atoms with Crippen LogP contribution in [0, 0.1) is 11.3 Å². The van der Waals surface area contributed by atoms with Crippen molar-refractivity contribution < 1.29 is 17.9 Å². The molecule has 0 saturated carbocycles. The van der Waals surface area contributed by atoms with Crippen LogP contribution in [0.2, 0.25) is 0 Å². The fourth-order valence-electron chi connectivity index (χ4n) is 5.63. The van der Waals surface area contributed by atoms with Crippen LogP contribution in [0.1, 0.15) is 42.5 Å². The Morgan fingerprint density at radius 1 is 1.18 bits per heavy atom. The van der Waals surface area contributed by atoms with Gasteiger partial charge < -0.3 is 24.8 Å². The van der Waals surface area contributed by atoms with Crippen LogP contribution in [0.4, 0.5) is 24.7 Å². The van der Waals surface area contributed by atoms with E-state index in [0.717, 1.165) is 37.0 Å². The number of nitrogens with zero attached hydrogens (tertiary/aromatic N) is 7. The number of nitriles is 1. The zero-order chi connectivity index (χ0) is 26.7. The Morgan fingerprint density at radius 2 is 2.05 bits per heavy atom. The number of hydrogen-bond donors (Lipinski definition) is 1. The van der Waals surface area contributed by atoms with Crippen molar-refractivity contribution in [1.82, 2.24) is 25.2 Å². The number of likely N-dealkylation sites (N-methyl/N-ethyl adjacent to an activating group) is 1. The summed E-state index contributed by atoms with van der Waals surface area (Å²) in [5, 5.41) is 12.6. The van der Waals surface area contributed by atoms with E-state index in [1.165, 1.54) is 12.3 Å². The van der Waals surface area contributed by atoms with Gasteiger partial charge in [-0.05, 0) is 45.3 Å². The second kappa shape index (κ2) is 11.3. The monoisotopic (exact) mass is 530 g/mol. The van der Waals surface area contributed by atoms with Crippen LogP contribution in [0.15, 0.2) is 18.5 Å². The average molecular weight is 531 g/mol. The fraction of sp³-hybridized carbons (Fsp3) is 0.615. The van der Waals surface area contributed by atoms with Gasteiger partial charge in [-0.15, -0.1) is 0 Å². The first-order valence-corrected chi connectivity index (χ1v) is 13.2. The molecular formula is C26H33F3N8O. The lowest BCUT2D eigenvalue weighted by Gasteiger charge is -2.35. The van der Waals surface area contributed by atoms with Crippen LogP contribution in [0.3, 0.4) is 0 Å². The molecule has 38 heavy (non-hydrogen) atoms. The normalized spacial score (nSPS) is 22.6. The molecule has 0 spiro atoms. The predicted octanol–water partition coefficient (Wildman–Crippen LogP) is 3.01. The molecule has 2 aromatic rings. The van der Waals surface area contributed by atoms with Crippen molar-refractivity contribution in [3.8, 4) is 12.1 Å². The van der Waals surface area contributed by atoms with E-state index in [4.69, 9.17) is 14.7 Å². The van der Waals surface area contributed by atoms with Crippen LogP contribution in [-0.2, 0) is 19.1 Å². The molecule has 2 saturated heterocycles. The van der Waals surface area contributed by atoms with Crippen molar-refractivity contribution in [2.24, 2.45) is 0 Å². The number of piperazine rings is 1. The number of hydrogen-bond acceptors (Lipinski definition) is 9. The van der Waals surface area contributed by atoms with Gasteiger partial charge in [0.25, 0.3) is 0 Å². The Hall–Kier alpha value is -3.17. The first kappa shape index (κ1) is 26.4. The molecule has 5 heterocycles. The molecule has 2 fully saturated rings. The number of fused-ring (bicyclic) bond motifs is 1. The Bertz CT molecular complexity index is 1170. The van der Waals surface area contributed by atoms with Crippen LogP contribution >= 0.6 is 0 Å². The minimum absolute atomic E-state index is 0.0179. The third kappa shape index (κ3) is 5.78. The van der Waals surface area contributed by atoms with Gasteiger partial charge in [-0.2, -0.15) is 28.4 Å². The molecule has 3 aliphatic heterocycles.